The zero-order chi connectivity index (χ0) is 10.9. The fraction of sp³-hybridized carbons (Fsp3) is 0.357. The molecule has 0 N–H and O–H groups in total. The van der Waals surface area contributed by atoms with E-state index in [1.807, 2.05) is 18.2 Å². The number of ketones is 1. The molecule has 1 spiro atoms. The second-order valence-electron chi connectivity index (χ2n) is 5.19. The van der Waals surface area contributed by atoms with E-state index in [4.69, 9.17) is 0 Å². The van der Waals surface area contributed by atoms with E-state index in [1.54, 1.807) is 0 Å². The highest BCUT2D eigenvalue weighted by molar-refractivity contribution is 6.08. The summed E-state index contributed by atoms with van der Waals surface area (Å²) in [6.45, 7) is 1.10. The van der Waals surface area contributed by atoms with E-state index < -0.39 is 0 Å². The molecular formula is C14H13NO. The molecule has 4 rings (SSSR count). The van der Waals surface area contributed by atoms with Crippen molar-refractivity contribution in [1.82, 2.24) is 4.90 Å². The van der Waals surface area contributed by atoms with Crippen molar-refractivity contribution < 1.29 is 4.79 Å². The Morgan fingerprint density at radius 1 is 1.38 bits per heavy atom. The van der Waals surface area contributed by atoms with Gasteiger partial charge in [-0.15, -0.1) is 0 Å². The van der Waals surface area contributed by atoms with Crippen molar-refractivity contribution >= 4 is 5.78 Å². The highest BCUT2D eigenvalue weighted by atomic mass is 16.1. The summed E-state index contributed by atoms with van der Waals surface area (Å²) in [6.07, 6.45) is 3.09. The number of carbonyl (C=O) groups is 1. The second kappa shape index (κ2) is 2.40. The molecule has 80 valence electrons. The second-order valence-corrected chi connectivity index (χ2v) is 5.19. The summed E-state index contributed by atoms with van der Waals surface area (Å²) in [5.41, 5.74) is 3.65. The van der Waals surface area contributed by atoms with Gasteiger partial charge in [-0.05, 0) is 17.9 Å². The minimum absolute atomic E-state index is 0.177. The molecule has 1 aliphatic heterocycles. The summed E-state index contributed by atoms with van der Waals surface area (Å²) >= 11 is 0. The van der Waals surface area contributed by atoms with Gasteiger partial charge in [0.25, 0.3) is 0 Å². The SMILES string of the molecule is CN1C[C@@H]2C[C@]23C1=CC(=O)c1ccccc13. The Bertz CT molecular complexity index is 545. The van der Waals surface area contributed by atoms with E-state index in [9.17, 15) is 4.79 Å². The fourth-order valence-electron chi connectivity index (χ4n) is 3.63. The van der Waals surface area contributed by atoms with E-state index in [-0.39, 0.29) is 11.2 Å². The van der Waals surface area contributed by atoms with Crippen molar-refractivity contribution in [2.24, 2.45) is 5.92 Å². The summed E-state index contributed by atoms with van der Waals surface area (Å²) in [7, 11) is 2.10. The Hall–Kier alpha value is -1.57. The zero-order valence-electron chi connectivity index (χ0n) is 9.23. The van der Waals surface area contributed by atoms with Crippen molar-refractivity contribution in [3.8, 4) is 0 Å². The van der Waals surface area contributed by atoms with Gasteiger partial charge in [0.2, 0.25) is 0 Å². The van der Waals surface area contributed by atoms with Crippen molar-refractivity contribution in [3.05, 3.63) is 47.2 Å². The molecule has 2 heteroatoms. The maximum Gasteiger partial charge on any atom is 0.187 e. The molecule has 1 aromatic rings. The largest absolute Gasteiger partial charge is 0.377 e. The van der Waals surface area contributed by atoms with Crippen LogP contribution < -0.4 is 0 Å². The fourth-order valence-corrected chi connectivity index (χ4v) is 3.63. The molecule has 0 radical (unpaired) electrons. The molecule has 16 heavy (non-hydrogen) atoms. The molecule has 0 amide bonds. The van der Waals surface area contributed by atoms with Crippen LogP contribution in [0, 0.1) is 5.92 Å². The molecule has 1 saturated carbocycles. The average molecular weight is 211 g/mol. The Morgan fingerprint density at radius 3 is 3.06 bits per heavy atom. The standard InChI is InChI=1S/C14H13NO/c1-15-8-9-7-14(9)11-5-3-2-4-10(11)12(16)6-13(14)15/h2-6,9H,7-8H2,1H3/t9-,14-/m0/s1. The summed E-state index contributed by atoms with van der Waals surface area (Å²) in [4.78, 5) is 14.3. The normalized spacial score (nSPS) is 34.1. The van der Waals surface area contributed by atoms with Crippen LogP contribution in [0.3, 0.4) is 0 Å². The molecule has 0 bridgehead atoms. The lowest BCUT2D eigenvalue weighted by atomic mass is 9.81. The van der Waals surface area contributed by atoms with Crippen LogP contribution in [0.1, 0.15) is 22.3 Å². The molecule has 3 aliphatic rings. The van der Waals surface area contributed by atoms with Crippen molar-refractivity contribution in [1.29, 1.82) is 0 Å². The number of piperidine rings is 1. The number of hydrogen-bond acceptors (Lipinski definition) is 2. The van der Waals surface area contributed by atoms with Crippen LogP contribution in [0.5, 0.6) is 0 Å². The summed E-state index contributed by atoms with van der Waals surface area (Å²) in [5, 5.41) is 0. The van der Waals surface area contributed by atoms with Crippen LogP contribution in [0.25, 0.3) is 0 Å². The van der Waals surface area contributed by atoms with Crippen LogP contribution in [0.2, 0.25) is 0 Å². The van der Waals surface area contributed by atoms with E-state index in [0.29, 0.717) is 0 Å². The summed E-state index contributed by atoms with van der Waals surface area (Å²) in [5.74, 6) is 0.911. The number of fused-ring (bicyclic) bond motifs is 1. The molecule has 2 aliphatic carbocycles. The first-order chi connectivity index (χ1) is 7.73. The van der Waals surface area contributed by atoms with E-state index in [1.165, 1.54) is 17.7 Å². The molecule has 2 nitrogen and oxygen atoms in total. The maximum absolute atomic E-state index is 12.0. The lowest BCUT2D eigenvalue weighted by molar-refractivity contribution is 0.103. The van der Waals surface area contributed by atoms with Crippen LogP contribution in [0.15, 0.2) is 36.0 Å². The Morgan fingerprint density at radius 2 is 2.19 bits per heavy atom. The van der Waals surface area contributed by atoms with Gasteiger partial charge in [-0.3, -0.25) is 4.79 Å². The lowest BCUT2D eigenvalue weighted by Gasteiger charge is -2.27. The molecule has 0 aromatic heterocycles. The van der Waals surface area contributed by atoms with Crippen LogP contribution in [0.4, 0.5) is 0 Å². The van der Waals surface area contributed by atoms with Crippen molar-refractivity contribution in [2.45, 2.75) is 11.8 Å². The number of allylic oxidation sites excluding steroid dienone is 2. The first-order valence-electron chi connectivity index (χ1n) is 5.80. The van der Waals surface area contributed by atoms with Crippen LogP contribution >= 0.6 is 0 Å². The van der Waals surface area contributed by atoms with Gasteiger partial charge in [-0.25, -0.2) is 0 Å². The van der Waals surface area contributed by atoms with Crippen LogP contribution in [-0.4, -0.2) is 24.3 Å². The number of nitrogens with zero attached hydrogens (tertiary/aromatic N) is 1. The maximum atomic E-state index is 12.0. The smallest absolute Gasteiger partial charge is 0.187 e. The van der Waals surface area contributed by atoms with E-state index in [2.05, 4.69) is 24.1 Å². The molecule has 1 aromatic carbocycles. The highest BCUT2D eigenvalue weighted by Crippen LogP contribution is 2.66. The van der Waals surface area contributed by atoms with Gasteiger partial charge in [0.1, 0.15) is 0 Å². The van der Waals surface area contributed by atoms with Gasteiger partial charge < -0.3 is 4.90 Å². The summed E-state index contributed by atoms with van der Waals surface area (Å²) in [6, 6.07) is 8.12. The first kappa shape index (κ1) is 8.57. The zero-order valence-corrected chi connectivity index (χ0v) is 9.23. The highest BCUT2D eigenvalue weighted by Gasteiger charge is 2.65. The van der Waals surface area contributed by atoms with Crippen LogP contribution in [-0.2, 0) is 5.41 Å². The van der Waals surface area contributed by atoms with Gasteiger partial charge in [-0.2, -0.15) is 0 Å². The van der Waals surface area contributed by atoms with Crippen molar-refractivity contribution in [2.75, 3.05) is 13.6 Å². The Balaban J connectivity index is 2.02. The predicted octanol–water partition coefficient (Wildman–Crippen LogP) is 1.97. The minimum atomic E-state index is 0.177. The third kappa shape index (κ3) is 0.753. The van der Waals surface area contributed by atoms with Gasteiger partial charge in [0.15, 0.2) is 5.78 Å². The van der Waals surface area contributed by atoms with E-state index in [0.717, 1.165) is 18.0 Å². The summed E-state index contributed by atoms with van der Waals surface area (Å²) < 4.78 is 0. The molecule has 2 fully saturated rings. The number of rotatable bonds is 0. The molecular weight excluding hydrogens is 198 g/mol. The quantitative estimate of drug-likeness (QED) is 0.654. The average Bonchev–Trinajstić information content (AvgIpc) is 2.92. The predicted molar refractivity (Wildman–Crippen MR) is 61.3 cm³/mol. The number of carbonyl (C=O) groups excluding carboxylic acids is 1. The van der Waals surface area contributed by atoms with Gasteiger partial charge in [-0.1, -0.05) is 24.3 Å². The third-order valence-corrected chi connectivity index (χ3v) is 4.41. The Kier molecular flexibility index (Phi) is 1.28. The van der Waals surface area contributed by atoms with E-state index >= 15 is 0 Å². The number of hydrogen-bond donors (Lipinski definition) is 0. The molecule has 0 unspecified atom stereocenters. The number of likely N-dealkylation sites (N-methyl/N-ethyl adjacent to an activating group) is 1. The van der Waals surface area contributed by atoms with Gasteiger partial charge in [0, 0.05) is 36.3 Å². The monoisotopic (exact) mass is 211 g/mol. The first-order valence-corrected chi connectivity index (χ1v) is 5.80. The van der Waals surface area contributed by atoms with Gasteiger partial charge >= 0.3 is 0 Å². The minimum Gasteiger partial charge on any atom is -0.377 e. The molecule has 1 saturated heterocycles. The topological polar surface area (TPSA) is 20.3 Å². The number of likely N-dealkylation sites (tertiary alicyclic amines) is 1. The number of benzene rings is 1. The van der Waals surface area contributed by atoms with Crippen molar-refractivity contribution in [3.63, 3.8) is 0 Å². The lowest BCUT2D eigenvalue weighted by Crippen LogP contribution is -2.26. The third-order valence-electron chi connectivity index (χ3n) is 4.41. The molecule has 2 atom stereocenters. The molecule has 1 heterocycles. The Labute approximate surface area is 94.6 Å². The van der Waals surface area contributed by atoms with Gasteiger partial charge in [0.05, 0.1) is 0 Å².